The van der Waals surface area contributed by atoms with Crippen LogP contribution < -0.4 is 15.4 Å². The Morgan fingerprint density at radius 3 is 2.25 bits per heavy atom. The highest BCUT2D eigenvalue weighted by atomic mass is 19.4. The molecule has 3 N–H and O–H groups in total. The molecular formula is C29H22F3N3O5. The van der Waals surface area contributed by atoms with Crippen LogP contribution >= 0.6 is 0 Å². The first-order chi connectivity index (χ1) is 19.1. The number of benzene rings is 3. The van der Waals surface area contributed by atoms with Crippen molar-refractivity contribution in [3.8, 4) is 17.0 Å². The monoisotopic (exact) mass is 549 g/mol. The zero-order valence-electron chi connectivity index (χ0n) is 20.7. The van der Waals surface area contributed by atoms with E-state index >= 15 is 0 Å². The number of rotatable bonds is 9. The zero-order chi connectivity index (χ0) is 28.7. The molecule has 0 saturated heterocycles. The molecule has 0 unspecified atom stereocenters. The lowest BCUT2D eigenvalue weighted by molar-refractivity contribution is -0.137. The molecular weight excluding hydrogens is 527 g/mol. The summed E-state index contributed by atoms with van der Waals surface area (Å²) in [5.74, 6) is -1.28. The van der Waals surface area contributed by atoms with E-state index in [1.165, 1.54) is 18.2 Å². The predicted molar refractivity (Wildman–Crippen MR) is 141 cm³/mol. The molecule has 0 bridgehead atoms. The molecule has 0 saturated carbocycles. The van der Waals surface area contributed by atoms with Crippen molar-refractivity contribution in [3.05, 3.63) is 108 Å². The molecule has 0 aliphatic heterocycles. The van der Waals surface area contributed by atoms with Gasteiger partial charge in [-0.1, -0.05) is 48.5 Å². The molecule has 8 nitrogen and oxygen atoms in total. The summed E-state index contributed by atoms with van der Waals surface area (Å²) in [6, 6.07) is 21.2. The van der Waals surface area contributed by atoms with Crippen molar-refractivity contribution >= 4 is 29.2 Å². The van der Waals surface area contributed by atoms with Gasteiger partial charge < -0.3 is 15.2 Å². The molecule has 40 heavy (non-hydrogen) atoms. The number of amides is 2. The van der Waals surface area contributed by atoms with Gasteiger partial charge in [-0.3, -0.25) is 14.9 Å². The molecule has 1 heterocycles. The van der Waals surface area contributed by atoms with Crippen molar-refractivity contribution in [2.45, 2.75) is 19.2 Å². The Morgan fingerprint density at radius 1 is 0.825 bits per heavy atom. The van der Waals surface area contributed by atoms with Crippen LogP contribution in [0.5, 0.6) is 5.88 Å². The van der Waals surface area contributed by atoms with E-state index in [0.29, 0.717) is 29.7 Å². The van der Waals surface area contributed by atoms with Crippen molar-refractivity contribution in [3.63, 3.8) is 0 Å². The van der Waals surface area contributed by atoms with E-state index < -0.39 is 35.9 Å². The standard InChI is InChI=1S/C29H22F3N3O5/c30-29(31,32)22-8-4-7-20(13-22)25(36)15-26(37)34-24-14-19(9-11-23(24)35-28(38)39)21-10-12-27(33-16-21)40-17-18-5-2-1-3-6-18/h1-14,16,35H,15,17H2,(H,34,37)(H,38,39). The summed E-state index contributed by atoms with van der Waals surface area (Å²) in [5.41, 5.74) is 0.967. The van der Waals surface area contributed by atoms with Gasteiger partial charge in [-0.25, -0.2) is 9.78 Å². The third kappa shape index (κ3) is 7.44. The number of anilines is 2. The van der Waals surface area contributed by atoms with E-state index in [0.717, 1.165) is 17.7 Å². The van der Waals surface area contributed by atoms with Crippen LogP contribution in [0.15, 0.2) is 91.1 Å². The number of ketones is 1. The summed E-state index contributed by atoms with van der Waals surface area (Å²) in [5, 5.41) is 13.8. The Labute approximate surface area is 226 Å². The van der Waals surface area contributed by atoms with E-state index in [9.17, 15) is 27.6 Å². The summed E-state index contributed by atoms with van der Waals surface area (Å²) in [4.78, 5) is 40.7. The van der Waals surface area contributed by atoms with E-state index in [-0.39, 0.29) is 16.9 Å². The van der Waals surface area contributed by atoms with E-state index in [1.807, 2.05) is 30.3 Å². The summed E-state index contributed by atoms with van der Waals surface area (Å²) in [6.45, 7) is 0.331. The molecule has 0 spiro atoms. The second-order valence-electron chi connectivity index (χ2n) is 8.58. The SMILES string of the molecule is O=C(O)Nc1ccc(-c2ccc(OCc3ccccc3)nc2)cc1NC(=O)CC(=O)c1cccc(C(F)(F)F)c1. The highest BCUT2D eigenvalue weighted by Crippen LogP contribution is 2.31. The molecule has 0 radical (unpaired) electrons. The van der Waals surface area contributed by atoms with Crippen LogP contribution in [0.4, 0.5) is 29.3 Å². The maximum Gasteiger partial charge on any atom is 0.416 e. The van der Waals surface area contributed by atoms with Gasteiger partial charge in [-0.05, 0) is 41.5 Å². The minimum atomic E-state index is -4.64. The number of carbonyl (C=O) groups is 3. The lowest BCUT2D eigenvalue weighted by atomic mass is 10.0. The first kappa shape index (κ1) is 27.8. The first-order valence-corrected chi connectivity index (χ1v) is 11.9. The second-order valence-corrected chi connectivity index (χ2v) is 8.58. The maximum atomic E-state index is 13.0. The second kappa shape index (κ2) is 12.1. The van der Waals surface area contributed by atoms with Crippen LogP contribution in [0, 0.1) is 0 Å². The molecule has 0 aliphatic rings. The molecule has 4 rings (SSSR count). The van der Waals surface area contributed by atoms with Crippen LogP contribution in [-0.4, -0.2) is 27.9 Å². The quantitative estimate of drug-likeness (QED) is 0.159. The lowest BCUT2D eigenvalue weighted by Gasteiger charge is -2.13. The fourth-order valence-corrected chi connectivity index (χ4v) is 3.73. The average molecular weight is 550 g/mol. The Kier molecular flexibility index (Phi) is 8.43. The lowest BCUT2D eigenvalue weighted by Crippen LogP contribution is -2.19. The van der Waals surface area contributed by atoms with Gasteiger partial charge in [-0.15, -0.1) is 0 Å². The van der Waals surface area contributed by atoms with Crippen molar-refractivity contribution in [2.24, 2.45) is 0 Å². The highest BCUT2D eigenvalue weighted by molar-refractivity contribution is 6.12. The molecule has 3 aromatic carbocycles. The van der Waals surface area contributed by atoms with Gasteiger partial charge in [0.2, 0.25) is 11.8 Å². The molecule has 11 heteroatoms. The van der Waals surface area contributed by atoms with Gasteiger partial charge in [-0.2, -0.15) is 13.2 Å². The number of Topliss-reactive ketones (excluding diaryl/α,β-unsaturated/α-hetero) is 1. The number of carbonyl (C=O) groups excluding carboxylic acids is 2. The smallest absolute Gasteiger partial charge is 0.416 e. The van der Waals surface area contributed by atoms with Gasteiger partial charge in [0.1, 0.15) is 6.61 Å². The minimum absolute atomic E-state index is 0.0342. The first-order valence-electron chi connectivity index (χ1n) is 11.9. The van der Waals surface area contributed by atoms with Gasteiger partial charge in [0.25, 0.3) is 0 Å². The molecule has 0 aliphatic carbocycles. The average Bonchev–Trinajstić information content (AvgIpc) is 2.93. The van der Waals surface area contributed by atoms with Gasteiger partial charge >= 0.3 is 12.3 Å². The maximum absolute atomic E-state index is 13.0. The highest BCUT2D eigenvalue weighted by Gasteiger charge is 2.31. The summed E-state index contributed by atoms with van der Waals surface area (Å²) >= 11 is 0. The number of nitrogens with one attached hydrogen (secondary N) is 2. The molecule has 1 aromatic heterocycles. The molecule has 0 fully saturated rings. The van der Waals surface area contributed by atoms with Gasteiger partial charge in [0.05, 0.1) is 23.4 Å². The number of alkyl halides is 3. The fraction of sp³-hybridized carbons (Fsp3) is 0.103. The van der Waals surface area contributed by atoms with Crippen LogP contribution in [0.3, 0.4) is 0 Å². The van der Waals surface area contributed by atoms with Crippen molar-refractivity contribution in [1.29, 1.82) is 0 Å². The number of hydrogen-bond donors (Lipinski definition) is 3. The summed E-state index contributed by atoms with van der Waals surface area (Å²) in [6.07, 6.45) is -5.24. The number of halogens is 3. The van der Waals surface area contributed by atoms with Crippen LogP contribution in [0.1, 0.15) is 27.9 Å². The number of ether oxygens (including phenoxy) is 1. The summed E-state index contributed by atoms with van der Waals surface area (Å²) in [7, 11) is 0. The van der Waals surface area contributed by atoms with E-state index in [2.05, 4.69) is 15.6 Å². The summed E-state index contributed by atoms with van der Waals surface area (Å²) < 4.78 is 44.6. The van der Waals surface area contributed by atoms with Crippen molar-refractivity contribution in [1.82, 2.24) is 4.98 Å². The van der Waals surface area contributed by atoms with Crippen molar-refractivity contribution in [2.75, 3.05) is 10.6 Å². The number of pyridine rings is 1. The number of nitrogens with zero attached hydrogens (tertiary/aromatic N) is 1. The van der Waals surface area contributed by atoms with Crippen molar-refractivity contribution < 1.29 is 37.4 Å². The Balaban J connectivity index is 1.48. The zero-order valence-corrected chi connectivity index (χ0v) is 20.7. The van der Waals surface area contributed by atoms with Gasteiger partial charge in [0, 0.05) is 23.4 Å². The van der Waals surface area contributed by atoms with E-state index in [4.69, 9.17) is 9.84 Å². The molecule has 204 valence electrons. The molecule has 4 aromatic rings. The van der Waals surface area contributed by atoms with Crippen LogP contribution in [-0.2, 0) is 17.6 Å². The number of carboxylic acid groups (broad SMARTS) is 1. The normalized spacial score (nSPS) is 11.0. The Morgan fingerprint density at radius 2 is 1.57 bits per heavy atom. The minimum Gasteiger partial charge on any atom is -0.473 e. The molecule has 0 atom stereocenters. The topological polar surface area (TPSA) is 118 Å². The fourth-order valence-electron chi connectivity index (χ4n) is 3.73. The number of aromatic nitrogens is 1. The molecule has 2 amide bonds. The van der Waals surface area contributed by atoms with Crippen LogP contribution in [0.25, 0.3) is 11.1 Å². The Bertz CT molecular complexity index is 1520. The third-order valence-corrected chi connectivity index (χ3v) is 5.67. The predicted octanol–water partition coefficient (Wildman–Crippen LogP) is 6.65. The third-order valence-electron chi connectivity index (χ3n) is 5.67. The Hall–Kier alpha value is -5.19. The van der Waals surface area contributed by atoms with E-state index in [1.54, 1.807) is 24.4 Å². The largest absolute Gasteiger partial charge is 0.473 e. The van der Waals surface area contributed by atoms with Crippen LogP contribution in [0.2, 0.25) is 0 Å². The van der Waals surface area contributed by atoms with Gasteiger partial charge in [0.15, 0.2) is 5.78 Å². The number of hydrogen-bond acceptors (Lipinski definition) is 5.